The summed E-state index contributed by atoms with van der Waals surface area (Å²) in [5.41, 5.74) is 0.526. The van der Waals surface area contributed by atoms with Crippen LogP contribution in [-0.2, 0) is 9.59 Å². The molecule has 0 bridgehead atoms. The van der Waals surface area contributed by atoms with Gasteiger partial charge in [-0.3, -0.25) is 14.4 Å². The lowest BCUT2D eigenvalue weighted by atomic mass is 10.1. The summed E-state index contributed by atoms with van der Waals surface area (Å²) in [6, 6.07) is 8.91. The number of furan rings is 1. The highest BCUT2D eigenvalue weighted by Crippen LogP contribution is 2.18. The standard InChI is InChI=1S/C17H16ClN3O4/c18-11-3-1-4-12(9-11)20-15(22)10-13-16(23)19-6-7-21(13)17(24)14-5-2-8-25-14/h1-5,8-9,13H,6-7,10H2,(H,19,23)(H,20,22). The molecule has 1 aliphatic rings. The second-order valence-electron chi connectivity index (χ2n) is 5.55. The van der Waals surface area contributed by atoms with E-state index >= 15 is 0 Å². The van der Waals surface area contributed by atoms with Gasteiger partial charge in [0.1, 0.15) is 6.04 Å². The molecule has 2 N–H and O–H groups in total. The molecule has 3 amide bonds. The van der Waals surface area contributed by atoms with Crippen LogP contribution in [0.4, 0.5) is 5.69 Å². The second-order valence-corrected chi connectivity index (χ2v) is 5.98. The third-order valence-corrected chi connectivity index (χ3v) is 4.05. The van der Waals surface area contributed by atoms with Crippen LogP contribution >= 0.6 is 11.6 Å². The number of anilines is 1. The number of hydrogen-bond acceptors (Lipinski definition) is 4. The quantitative estimate of drug-likeness (QED) is 0.870. The zero-order valence-electron chi connectivity index (χ0n) is 13.2. The number of piperazine rings is 1. The van der Waals surface area contributed by atoms with Gasteiger partial charge in [-0.1, -0.05) is 17.7 Å². The maximum Gasteiger partial charge on any atom is 0.290 e. The molecule has 7 nitrogen and oxygen atoms in total. The van der Waals surface area contributed by atoms with Crippen LogP contribution in [0, 0.1) is 0 Å². The minimum atomic E-state index is -0.898. The number of benzene rings is 1. The normalized spacial score (nSPS) is 17.1. The largest absolute Gasteiger partial charge is 0.459 e. The van der Waals surface area contributed by atoms with Crippen molar-refractivity contribution >= 4 is 35.0 Å². The average molecular weight is 362 g/mol. The smallest absolute Gasteiger partial charge is 0.290 e. The van der Waals surface area contributed by atoms with Crippen molar-refractivity contribution in [1.82, 2.24) is 10.2 Å². The van der Waals surface area contributed by atoms with E-state index in [9.17, 15) is 14.4 Å². The molecule has 1 aromatic heterocycles. The van der Waals surface area contributed by atoms with Gasteiger partial charge in [-0.2, -0.15) is 0 Å². The lowest BCUT2D eigenvalue weighted by Crippen LogP contribution is -2.58. The van der Waals surface area contributed by atoms with Gasteiger partial charge in [0.15, 0.2) is 5.76 Å². The minimum absolute atomic E-state index is 0.134. The molecule has 1 aliphatic heterocycles. The van der Waals surface area contributed by atoms with Crippen molar-refractivity contribution < 1.29 is 18.8 Å². The van der Waals surface area contributed by atoms with E-state index in [0.717, 1.165) is 0 Å². The van der Waals surface area contributed by atoms with Gasteiger partial charge in [0.2, 0.25) is 11.8 Å². The van der Waals surface area contributed by atoms with E-state index < -0.39 is 11.9 Å². The molecule has 8 heteroatoms. The molecule has 1 unspecified atom stereocenters. The SMILES string of the molecule is O=C(CC1C(=O)NCCN1C(=O)c1ccco1)Nc1cccc(Cl)c1. The Labute approximate surface area is 148 Å². The molecular formula is C17H16ClN3O4. The Morgan fingerprint density at radius 3 is 2.88 bits per heavy atom. The van der Waals surface area contributed by atoms with E-state index in [0.29, 0.717) is 23.8 Å². The molecule has 0 radical (unpaired) electrons. The molecule has 0 aliphatic carbocycles. The Hall–Kier alpha value is -2.80. The molecule has 2 heterocycles. The van der Waals surface area contributed by atoms with Crippen molar-refractivity contribution in [2.45, 2.75) is 12.5 Å². The lowest BCUT2D eigenvalue weighted by Gasteiger charge is -2.34. The zero-order chi connectivity index (χ0) is 17.8. The van der Waals surface area contributed by atoms with Crippen LogP contribution < -0.4 is 10.6 Å². The first kappa shape index (κ1) is 17.0. The van der Waals surface area contributed by atoms with Gasteiger partial charge in [-0.15, -0.1) is 0 Å². The van der Waals surface area contributed by atoms with Crippen LogP contribution in [0.5, 0.6) is 0 Å². The number of rotatable bonds is 4. The fourth-order valence-corrected chi connectivity index (χ4v) is 2.85. The molecule has 1 aromatic carbocycles. The van der Waals surface area contributed by atoms with Crippen molar-refractivity contribution in [2.75, 3.05) is 18.4 Å². The number of halogens is 1. The molecule has 1 atom stereocenters. The van der Waals surface area contributed by atoms with Gasteiger partial charge in [0, 0.05) is 23.8 Å². The van der Waals surface area contributed by atoms with Crippen LogP contribution in [0.3, 0.4) is 0 Å². The molecular weight excluding hydrogens is 346 g/mol. The predicted molar refractivity (Wildman–Crippen MR) is 91.2 cm³/mol. The van der Waals surface area contributed by atoms with E-state index in [4.69, 9.17) is 16.0 Å². The first-order valence-electron chi connectivity index (χ1n) is 7.72. The van der Waals surface area contributed by atoms with Crippen molar-refractivity contribution in [3.05, 3.63) is 53.4 Å². The fourth-order valence-electron chi connectivity index (χ4n) is 2.66. The molecule has 2 aromatic rings. The van der Waals surface area contributed by atoms with Gasteiger partial charge in [0.05, 0.1) is 12.7 Å². The van der Waals surface area contributed by atoms with Crippen molar-refractivity contribution in [2.24, 2.45) is 0 Å². The maximum atomic E-state index is 12.5. The summed E-state index contributed by atoms with van der Waals surface area (Å²) in [4.78, 5) is 38.3. The highest BCUT2D eigenvalue weighted by molar-refractivity contribution is 6.30. The maximum absolute atomic E-state index is 12.5. The van der Waals surface area contributed by atoms with Gasteiger partial charge < -0.3 is 20.0 Å². The summed E-state index contributed by atoms with van der Waals surface area (Å²) >= 11 is 5.89. The van der Waals surface area contributed by atoms with Crippen molar-refractivity contribution in [1.29, 1.82) is 0 Å². The monoisotopic (exact) mass is 361 g/mol. The summed E-state index contributed by atoms with van der Waals surface area (Å²) in [5.74, 6) is -1.04. The first-order chi connectivity index (χ1) is 12.0. The molecule has 130 valence electrons. The number of carbonyl (C=O) groups is 3. The van der Waals surface area contributed by atoms with E-state index in [-0.39, 0.29) is 24.0 Å². The molecule has 25 heavy (non-hydrogen) atoms. The first-order valence-corrected chi connectivity index (χ1v) is 8.10. The number of nitrogens with one attached hydrogen (secondary N) is 2. The van der Waals surface area contributed by atoms with Gasteiger partial charge in [0.25, 0.3) is 5.91 Å². The summed E-state index contributed by atoms with van der Waals surface area (Å²) in [6.07, 6.45) is 1.23. The molecule has 1 saturated heterocycles. The number of amides is 3. The van der Waals surface area contributed by atoms with Gasteiger partial charge in [-0.05, 0) is 30.3 Å². The van der Waals surface area contributed by atoms with Crippen molar-refractivity contribution in [3.8, 4) is 0 Å². The summed E-state index contributed by atoms with van der Waals surface area (Å²) in [6.45, 7) is 0.637. The number of hydrogen-bond donors (Lipinski definition) is 2. The van der Waals surface area contributed by atoms with Crippen molar-refractivity contribution in [3.63, 3.8) is 0 Å². The third-order valence-electron chi connectivity index (χ3n) is 3.81. The third kappa shape index (κ3) is 4.00. The highest BCUT2D eigenvalue weighted by Gasteiger charge is 2.36. The number of nitrogens with zero attached hydrogens (tertiary/aromatic N) is 1. The average Bonchev–Trinajstić information content (AvgIpc) is 3.10. The van der Waals surface area contributed by atoms with Gasteiger partial charge >= 0.3 is 0 Å². The summed E-state index contributed by atoms with van der Waals surface area (Å²) in [7, 11) is 0. The van der Waals surface area contributed by atoms with E-state index in [1.165, 1.54) is 17.2 Å². The van der Waals surface area contributed by atoms with Crippen LogP contribution in [-0.4, -0.2) is 41.8 Å². The van der Waals surface area contributed by atoms with Crippen LogP contribution in [0.15, 0.2) is 47.1 Å². The Morgan fingerprint density at radius 1 is 1.32 bits per heavy atom. The predicted octanol–water partition coefficient (Wildman–Crippen LogP) is 1.90. The topological polar surface area (TPSA) is 91.7 Å². The van der Waals surface area contributed by atoms with E-state index in [2.05, 4.69) is 10.6 Å². The Bertz CT molecular complexity index is 791. The Kier molecular flexibility index (Phi) is 5.04. The Balaban J connectivity index is 1.71. The van der Waals surface area contributed by atoms with E-state index in [1.54, 1.807) is 30.3 Å². The molecule has 3 rings (SSSR count). The van der Waals surface area contributed by atoms with Crippen LogP contribution in [0.25, 0.3) is 0 Å². The van der Waals surface area contributed by atoms with Crippen LogP contribution in [0.1, 0.15) is 17.0 Å². The summed E-state index contributed by atoms with van der Waals surface area (Å²) in [5, 5.41) is 5.84. The minimum Gasteiger partial charge on any atom is -0.459 e. The highest BCUT2D eigenvalue weighted by atomic mass is 35.5. The van der Waals surface area contributed by atoms with Gasteiger partial charge in [-0.25, -0.2) is 0 Å². The molecule has 1 fully saturated rings. The van der Waals surface area contributed by atoms with E-state index in [1.807, 2.05) is 0 Å². The second kappa shape index (κ2) is 7.40. The summed E-state index contributed by atoms with van der Waals surface area (Å²) < 4.78 is 5.11. The fraction of sp³-hybridized carbons (Fsp3) is 0.235. The molecule has 0 spiro atoms. The molecule has 0 saturated carbocycles. The zero-order valence-corrected chi connectivity index (χ0v) is 14.0. The lowest BCUT2D eigenvalue weighted by molar-refractivity contribution is -0.131. The Morgan fingerprint density at radius 2 is 2.16 bits per heavy atom. The van der Waals surface area contributed by atoms with Crippen LogP contribution in [0.2, 0.25) is 5.02 Å². The number of carbonyl (C=O) groups excluding carboxylic acids is 3.